The van der Waals surface area contributed by atoms with E-state index in [1.807, 2.05) is 31.2 Å². The molecule has 2 aromatic rings. The molecule has 19 heavy (non-hydrogen) atoms. The zero-order valence-electron chi connectivity index (χ0n) is 10.6. The normalized spacial score (nSPS) is 10.7. The third-order valence-electron chi connectivity index (χ3n) is 2.64. The van der Waals surface area contributed by atoms with Crippen LogP contribution in [0.5, 0.6) is 0 Å². The first-order chi connectivity index (χ1) is 9.20. The van der Waals surface area contributed by atoms with Crippen molar-refractivity contribution in [3.63, 3.8) is 0 Å². The van der Waals surface area contributed by atoms with Crippen molar-refractivity contribution in [2.45, 2.75) is 23.3 Å². The molecule has 2 aromatic carbocycles. The monoisotopic (exact) mass is 295 g/mol. The van der Waals surface area contributed by atoms with Gasteiger partial charge in [0.05, 0.1) is 5.02 Å². The van der Waals surface area contributed by atoms with Gasteiger partial charge in [-0.2, -0.15) is 0 Å². The minimum Gasteiger partial charge on any atom is -0.313 e. The van der Waals surface area contributed by atoms with Crippen molar-refractivity contribution in [2.75, 3.05) is 6.54 Å². The molecule has 0 atom stereocenters. The van der Waals surface area contributed by atoms with E-state index < -0.39 is 0 Å². The fourth-order valence-corrected chi connectivity index (χ4v) is 2.89. The summed E-state index contributed by atoms with van der Waals surface area (Å²) in [6, 6.07) is 12.5. The van der Waals surface area contributed by atoms with Crippen LogP contribution in [0.3, 0.4) is 0 Å². The van der Waals surface area contributed by atoms with Crippen molar-refractivity contribution in [3.05, 3.63) is 58.9 Å². The van der Waals surface area contributed by atoms with E-state index in [2.05, 4.69) is 5.32 Å². The second kappa shape index (κ2) is 6.94. The molecule has 0 unspecified atom stereocenters. The Labute approximate surface area is 122 Å². The molecule has 0 amide bonds. The zero-order valence-corrected chi connectivity index (χ0v) is 12.2. The number of benzene rings is 2. The summed E-state index contributed by atoms with van der Waals surface area (Å²) in [5.41, 5.74) is 0.951. The van der Waals surface area contributed by atoms with E-state index >= 15 is 0 Å². The van der Waals surface area contributed by atoms with Gasteiger partial charge in [-0.3, -0.25) is 0 Å². The third kappa shape index (κ3) is 3.96. The van der Waals surface area contributed by atoms with Crippen molar-refractivity contribution in [1.29, 1.82) is 0 Å². The van der Waals surface area contributed by atoms with Crippen molar-refractivity contribution in [3.8, 4) is 0 Å². The first-order valence-electron chi connectivity index (χ1n) is 6.12. The summed E-state index contributed by atoms with van der Waals surface area (Å²) in [5.74, 6) is -0.212. The molecule has 0 saturated heterocycles. The summed E-state index contributed by atoms with van der Waals surface area (Å²) in [7, 11) is 0. The summed E-state index contributed by atoms with van der Waals surface area (Å²) in [6.07, 6.45) is 0. The second-order valence-electron chi connectivity index (χ2n) is 4.06. The molecule has 4 heteroatoms. The van der Waals surface area contributed by atoms with Crippen LogP contribution in [0, 0.1) is 5.82 Å². The van der Waals surface area contributed by atoms with E-state index in [0.29, 0.717) is 11.6 Å². The van der Waals surface area contributed by atoms with Crippen LogP contribution in [-0.4, -0.2) is 6.54 Å². The van der Waals surface area contributed by atoms with E-state index in [0.717, 1.165) is 21.9 Å². The maximum absolute atomic E-state index is 13.3. The van der Waals surface area contributed by atoms with Gasteiger partial charge in [-0.1, -0.05) is 42.4 Å². The minimum atomic E-state index is -0.212. The lowest BCUT2D eigenvalue weighted by Gasteiger charge is -2.10. The number of halogens is 2. The first kappa shape index (κ1) is 14.4. The highest BCUT2D eigenvalue weighted by Crippen LogP contribution is 2.35. The first-order valence-corrected chi connectivity index (χ1v) is 7.31. The molecule has 0 radical (unpaired) electrons. The zero-order chi connectivity index (χ0) is 13.7. The van der Waals surface area contributed by atoms with E-state index in [4.69, 9.17) is 11.6 Å². The molecule has 100 valence electrons. The summed E-state index contributed by atoms with van der Waals surface area (Å²) >= 11 is 7.71. The molecular weight excluding hydrogens is 281 g/mol. The lowest BCUT2D eigenvalue weighted by atomic mass is 10.2. The standard InChI is InChI=1S/C15H15ClFNS/c1-2-18-10-11-9-12(17)7-8-14(11)19-15-6-4-3-5-13(15)16/h3-9,18H,2,10H2,1H3. The Bertz CT molecular complexity index is 560. The molecule has 0 bridgehead atoms. The van der Waals surface area contributed by atoms with Crippen LogP contribution in [0.4, 0.5) is 4.39 Å². The summed E-state index contributed by atoms with van der Waals surface area (Å²) in [5, 5.41) is 3.93. The molecule has 0 heterocycles. The van der Waals surface area contributed by atoms with Gasteiger partial charge in [0, 0.05) is 16.3 Å². The Hall–Kier alpha value is -1.03. The van der Waals surface area contributed by atoms with Gasteiger partial charge < -0.3 is 5.32 Å². The van der Waals surface area contributed by atoms with Crippen molar-refractivity contribution < 1.29 is 4.39 Å². The molecule has 0 saturated carbocycles. The Morgan fingerprint density at radius 2 is 1.95 bits per heavy atom. The Kier molecular flexibility index (Phi) is 5.25. The highest BCUT2D eigenvalue weighted by molar-refractivity contribution is 7.99. The summed E-state index contributed by atoms with van der Waals surface area (Å²) in [4.78, 5) is 2.00. The molecule has 1 N–H and O–H groups in total. The molecule has 2 rings (SSSR count). The maximum atomic E-state index is 13.3. The van der Waals surface area contributed by atoms with E-state index in [1.54, 1.807) is 23.9 Å². The van der Waals surface area contributed by atoms with E-state index in [9.17, 15) is 4.39 Å². The highest BCUT2D eigenvalue weighted by atomic mass is 35.5. The number of rotatable bonds is 5. The van der Waals surface area contributed by atoms with Crippen LogP contribution < -0.4 is 5.32 Å². The molecule has 0 fully saturated rings. The lowest BCUT2D eigenvalue weighted by Crippen LogP contribution is -2.12. The maximum Gasteiger partial charge on any atom is 0.123 e. The summed E-state index contributed by atoms with van der Waals surface area (Å²) in [6.45, 7) is 3.54. The predicted molar refractivity (Wildman–Crippen MR) is 79.4 cm³/mol. The smallest absolute Gasteiger partial charge is 0.123 e. The third-order valence-corrected chi connectivity index (χ3v) is 4.28. The molecule has 0 aliphatic heterocycles. The molecule has 0 spiro atoms. The quantitative estimate of drug-likeness (QED) is 0.855. The van der Waals surface area contributed by atoms with E-state index in [-0.39, 0.29) is 5.82 Å². The van der Waals surface area contributed by atoms with Crippen molar-refractivity contribution in [2.24, 2.45) is 0 Å². The van der Waals surface area contributed by atoms with Crippen LogP contribution in [0.1, 0.15) is 12.5 Å². The second-order valence-corrected chi connectivity index (χ2v) is 5.56. The summed E-state index contributed by atoms with van der Waals surface area (Å²) < 4.78 is 13.3. The number of hydrogen-bond donors (Lipinski definition) is 1. The largest absolute Gasteiger partial charge is 0.313 e. The molecule has 0 aromatic heterocycles. The average molecular weight is 296 g/mol. The average Bonchev–Trinajstić information content (AvgIpc) is 2.41. The van der Waals surface area contributed by atoms with E-state index in [1.165, 1.54) is 6.07 Å². The van der Waals surface area contributed by atoms with Gasteiger partial charge >= 0.3 is 0 Å². The van der Waals surface area contributed by atoms with Crippen molar-refractivity contribution >= 4 is 23.4 Å². The van der Waals surface area contributed by atoms with Gasteiger partial charge in [-0.25, -0.2) is 4.39 Å². The molecule has 1 nitrogen and oxygen atoms in total. The van der Waals surface area contributed by atoms with Crippen LogP contribution in [0.15, 0.2) is 52.3 Å². The van der Waals surface area contributed by atoms with Gasteiger partial charge in [0.1, 0.15) is 5.82 Å². The number of hydrogen-bond acceptors (Lipinski definition) is 2. The van der Waals surface area contributed by atoms with Gasteiger partial charge in [0.25, 0.3) is 0 Å². The van der Waals surface area contributed by atoms with Gasteiger partial charge in [0.2, 0.25) is 0 Å². The molecule has 0 aliphatic rings. The predicted octanol–water partition coefficient (Wildman–Crippen LogP) is 4.74. The van der Waals surface area contributed by atoms with Crippen LogP contribution >= 0.6 is 23.4 Å². The van der Waals surface area contributed by atoms with Crippen LogP contribution in [-0.2, 0) is 6.54 Å². The van der Waals surface area contributed by atoms with Gasteiger partial charge in [-0.15, -0.1) is 0 Å². The fourth-order valence-electron chi connectivity index (χ4n) is 1.69. The number of nitrogens with one attached hydrogen (secondary N) is 1. The van der Waals surface area contributed by atoms with Crippen LogP contribution in [0.25, 0.3) is 0 Å². The highest BCUT2D eigenvalue weighted by Gasteiger charge is 2.08. The Morgan fingerprint density at radius 1 is 1.16 bits per heavy atom. The Morgan fingerprint density at radius 3 is 2.68 bits per heavy atom. The van der Waals surface area contributed by atoms with Gasteiger partial charge in [-0.05, 0) is 42.4 Å². The van der Waals surface area contributed by atoms with Crippen molar-refractivity contribution in [1.82, 2.24) is 5.32 Å². The SMILES string of the molecule is CCNCc1cc(F)ccc1Sc1ccccc1Cl. The topological polar surface area (TPSA) is 12.0 Å². The fraction of sp³-hybridized carbons (Fsp3) is 0.200. The molecule has 0 aliphatic carbocycles. The Balaban J connectivity index is 2.26. The van der Waals surface area contributed by atoms with Crippen LogP contribution in [0.2, 0.25) is 5.02 Å². The lowest BCUT2D eigenvalue weighted by molar-refractivity contribution is 0.619. The molecular formula is C15H15ClFNS. The minimum absolute atomic E-state index is 0.212. The van der Waals surface area contributed by atoms with Gasteiger partial charge in [0.15, 0.2) is 0 Å².